The molecule has 2 amide bonds. The molecule has 0 aliphatic carbocycles. The summed E-state index contributed by atoms with van der Waals surface area (Å²) in [5.41, 5.74) is 2.19. The van der Waals surface area contributed by atoms with E-state index in [9.17, 15) is 14.0 Å². The number of hydrogen-bond donors (Lipinski definition) is 0. The number of amides is 2. The first-order chi connectivity index (χ1) is 16.8. The third-order valence-electron chi connectivity index (χ3n) is 5.07. The second kappa shape index (κ2) is 11.2. The summed E-state index contributed by atoms with van der Waals surface area (Å²) in [4.78, 5) is 26.7. The van der Waals surface area contributed by atoms with Crippen LogP contribution in [0.4, 0.5) is 9.18 Å². The fourth-order valence-electron chi connectivity index (χ4n) is 3.35. The minimum absolute atomic E-state index is 0.0774. The number of hydrogen-bond acceptors (Lipinski definition) is 5. The zero-order valence-electron chi connectivity index (χ0n) is 18.6. The van der Waals surface area contributed by atoms with Gasteiger partial charge in [-0.2, -0.15) is 0 Å². The monoisotopic (exact) mass is 531 g/mol. The second-order valence-corrected chi connectivity index (χ2v) is 9.38. The molecule has 0 atom stereocenters. The highest BCUT2D eigenvalue weighted by molar-refractivity contribution is 8.18. The van der Waals surface area contributed by atoms with Crippen molar-refractivity contribution in [3.8, 4) is 11.5 Å². The first kappa shape index (κ1) is 25.1. The Hall–Kier alpha value is -3.00. The van der Waals surface area contributed by atoms with Gasteiger partial charge in [0.2, 0.25) is 0 Å². The van der Waals surface area contributed by atoms with Crippen molar-refractivity contribution in [3.63, 3.8) is 0 Å². The smallest absolute Gasteiger partial charge is 0.293 e. The average Bonchev–Trinajstić information content (AvgIpc) is 3.09. The lowest BCUT2D eigenvalue weighted by Gasteiger charge is -2.13. The molecule has 0 saturated carbocycles. The van der Waals surface area contributed by atoms with Crippen molar-refractivity contribution < 1.29 is 23.5 Å². The summed E-state index contributed by atoms with van der Waals surface area (Å²) in [6, 6.07) is 16.2. The van der Waals surface area contributed by atoms with Crippen molar-refractivity contribution in [2.75, 3.05) is 6.61 Å². The topological polar surface area (TPSA) is 55.8 Å². The molecule has 1 heterocycles. The van der Waals surface area contributed by atoms with Crippen LogP contribution < -0.4 is 9.47 Å². The molecule has 9 heteroatoms. The van der Waals surface area contributed by atoms with Crippen molar-refractivity contribution in [2.24, 2.45) is 0 Å². The van der Waals surface area contributed by atoms with E-state index in [4.69, 9.17) is 32.7 Å². The van der Waals surface area contributed by atoms with E-state index < -0.39 is 5.91 Å². The molecular formula is C26H20Cl2FNO4S. The van der Waals surface area contributed by atoms with Crippen LogP contribution in [0.25, 0.3) is 6.08 Å². The van der Waals surface area contributed by atoms with Crippen LogP contribution in [-0.4, -0.2) is 22.7 Å². The summed E-state index contributed by atoms with van der Waals surface area (Å²) in [7, 11) is 0. The molecule has 0 N–H and O–H groups in total. The molecule has 3 aromatic carbocycles. The van der Waals surface area contributed by atoms with Crippen LogP contribution in [0.2, 0.25) is 10.0 Å². The minimum atomic E-state index is -0.401. The fraction of sp³-hybridized carbons (Fsp3) is 0.154. The van der Waals surface area contributed by atoms with Gasteiger partial charge in [0.15, 0.2) is 11.5 Å². The van der Waals surface area contributed by atoms with Crippen molar-refractivity contribution in [1.82, 2.24) is 4.90 Å². The van der Waals surface area contributed by atoms with Gasteiger partial charge >= 0.3 is 0 Å². The van der Waals surface area contributed by atoms with Crippen molar-refractivity contribution in [3.05, 3.63) is 98.1 Å². The molecule has 180 valence electrons. The standard InChI is InChI=1S/C26H20Cl2FNO4S/c1-2-33-23-12-17(6-10-22(23)34-15-18-5-9-20(27)21(28)11-18)13-24-25(31)30(26(32)35-24)14-16-3-7-19(29)8-4-16/h3-13H,2,14-15H2,1H3/b24-13-. The Morgan fingerprint density at radius 3 is 2.37 bits per heavy atom. The summed E-state index contributed by atoms with van der Waals surface area (Å²) >= 11 is 12.9. The Labute approximate surface area is 216 Å². The lowest BCUT2D eigenvalue weighted by Crippen LogP contribution is -2.27. The highest BCUT2D eigenvalue weighted by Gasteiger charge is 2.35. The van der Waals surface area contributed by atoms with Gasteiger partial charge in [0.05, 0.1) is 28.1 Å². The van der Waals surface area contributed by atoms with Crippen LogP contribution >= 0.6 is 35.0 Å². The first-order valence-electron chi connectivity index (χ1n) is 10.7. The lowest BCUT2D eigenvalue weighted by molar-refractivity contribution is -0.123. The van der Waals surface area contributed by atoms with E-state index in [2.05, 4.69) is 0 Å². The van der Waals surface area contributed by atoms with E-state index >= 15 is 0 Å². The zero-order valence-corrected chi connectivity index (χ0v) is 20.9. The molecule has 0 unspecified atom stereocenters. The normalized spacial score (nSPS) is 14.6. The van der Waals surface area contributed by atoms with E-state index in [0.29, 0.717) is 44.2 Å². The highest BCUT2D eigenvalue weighted by Crippen LogP contribution is 2.36. The number of thioether (sulfide) groups is 1. The largest absolute Gasteiger partial charge is 0.490 e. The molecule has 1 fully saturated rings. The number of carbonyl (C=O) groups is 2. The van der Waals surface area contributed by atoms with E-state index in [1.807, 2.05) is 13.0 Å². The van der Waals surface area contributed by atoms with Crippen molar-refractivity contribution >= 4 is 52.2 Å². The predicted octanol–water partition coefficient (Wildman–Crippen LogP) is 7.35. The number of halogens is 3. The van der Waals surface area contributed by atoms with Crippen molar-refractivity contribution in [2.45, 2.75) is 20.1 Å². The molecule has 5 nitrogen and oxygen atoms in total. The van der Waals surface area contributed by atoms with E-state index in [-0.39, 0.29) is 24.2 Å². The second-order valence-electron chi connectivity index (χ2n) is 7.57. The van der Waals surface area contributed by atoms with Gasteiger partial charge in [-0.25, -0.2) is 4.39 Å². The van der Waals surface area contributed by atoms with Crippen LogP contribution in [0, 0.1) is 5.82 Å². The predicted molar refractivity (Wildman–Crippen MR) is 136 cm³/mol. The SMILES string of the molecule is CCOc1cc(/C=C2\SC(=O)N(Cc3ccc(F)cc3)C2=O)ccc1OCc1ccc(Cl)c(Cl)c1. The van der Waals surface area contributed by atoms with Gasteiger partial charge in [-0.05, 0) is 77.9 Å². The Kier molecular flexibility index (Phi) is 8.00. The van der Waals surface area contributed by atoms with Gasteiger partial charge < -0.3 is 9.47 Å². The summed E-state index contributed by atoms with van der Waals surface area (Å²) in [5.74, 6) is 0.255. The lowest BCUT2D eigenvalue weighted by atomic mass is 10.1. The third-order valence-corrected chi connectivity index (χ3v) is 6.72. The summed E-state index contributed by atoms with van der Waals surface area (Å²) in [6.45, 7) is 2.61. The molecule has 35 heavy (non-hydrogen) atoms. The highest BCUT2D eigenvalue weighted by atomic mass is 35.5. The van der Waals surface area contributed by atoms with Crippen LogP contribution in [0.15, 0.2) is 65.6 Å². The Bertz CT molecular complexity index is 1300. The van der Waals surface area contributed by atoms with Gasteiger partial charge in [-0.15, -0.1) is 0 Å². The maximum absolute atomic E-state index is 13.1. The van der Waals surface area contributed by atoms with E-state index in [1.54, 1.807) is 48.5 Å². The Morgan fingerprint density at radius 2 is 1.66 bits per heavy atom. The third kappa shape index (κ3) is 6.17. The van der Waals surface area contributed by atoms with Gasteiger partial charge in [-0.1, -0.05) is 47.5 Å². The van der Waals surface area contributed by atoms with Gasteiger partial charge in [0, 0.05) is 0 Å². The molecule has 1 aliphatic heterocycles. The van der Waals surface area contributed by atoms with Crippen LogP contribution in [0.5, 0.6) is 11.5 Å². The minimum Gasteiger partial charge on any atom is -0.490 e. The molecule has 4 rings (SSSR count). The van der Waals surface area contributed by atoms with Crippen LogP contribution in [-0.2, 0) is 17.9 Å². The van der Waals surface area contributed by atoms with E-state index in [0.717, 1.165) is 22.2 Å². The molecule has 1 aliphatic rings. The first-order valence-corrected chi connectivity index (χ1v) is 12.2. The number of ether oxygens (including phenoxy) is 2. The molecule has 0 bridgehead atoms. The van der Waals surface area contributed by atoms with Crippen LogP contribution in [0.3, 0.4) is 0 Å². The maximum Gasteiger partial charge on any atom is 0.293 e. The molecule has 1 saturated heterocycles. The zero-order chi connectivity index (χ0) is 24.9. The molecule has 0 aromatic heterocycles. The quantitative estimate of drug-likeness (QED) is 0.284. The van der Waals surface area contributed by atoms with Crippen LogP contribution in [0.1, 0.15) is 23.6 Å². The summed E-state index contributed by atoms with van der Waals surface area (Å²) < 4.78 is 24.8. The van der Waals surface area contributed by atoms with Gasteiger partial charge in [-0.3, -0.25) is 14.5 Å². The molecule has 3 aromatic rings. The number of nitrogens with zero attached hydrogens (tertiary/aromatic N) is 1. The molecule has 0 radical (unpaired) electrons. The van der Waals surface area contributed by atoms with E-state index in [1.165, 1.54) is 12.1 Å². The molecular weight excluding hydrogens is 512 g/mol. The average molecular weight is 532 g/mol. The fourth-order valence-corrected chi connectivity index (χ4v) is 4.51. The van der Waals surface area contributed by atoms with Gasteiger partial charge in [0.1, 0.15) is 12.4 Å². The number of carbonyl (C=O) groups excluding carboxylic acids is 2. The summed E-state index contributed by atoms with van der Waals surface area (Å²) in [5, 5.41) is 0.538. The molecule has 0 spiro atoms. The Morgan fingerprint density at radius 1 is 0.914 bits per heavy atom. The summed E-state index contributed by atoms with van der Waals surface area (Å²) in [6.07, 6.45) is 1.64. The number of rotatable bonds is 8. The van der Waals surface area contributed by atoms with Crippen molar-refractivity contribution in [1.29, 1.82) is 0 Å². The number of benzene rings is 3. The Balaban J connectivity index is 1.50. The van der Waals surface area contributed by atoms with Gasteiger partial charge in [0.25, 0.3) is 11.1 Å². The maximum atomic E-state index is 13.1. The number of imide groups is 1.